The Balaban J connectivity index is 2.05. The van der Waals surface area contributed by atoms with Crippen LogP contribution in [-0.4, -0.2) is 62.7 Å². The maximum Gasteiger partial charge on any atom is 0.339 e. The van der Waals surface area contributed by atoms with Gasteiger partial charge < -0.3 is 9.64 Å². The zero-order chi connectivity index (χ0) is 17.0. The van der Waals surface area contributed by atoms with E-state index in [0.717, 1.165) is 0 Å². The standard InChI is InChI=1S/C15H19NO5S2/c1-16(2)14(17)9-21-15(18)12-5-3-4-6-13(12)22-11-7-8-23(19,20)10-11/h3-6,11H,7-10H2,1-2H3/t11-/m0/s1. The fourth-order valence-corrected chi connectivity index (χ4v) is 5.72. The molecule has 1 aliphatic heterocycles. The number of hydrogen-bond acceptors (Lipinski definition) is 6. The molecule has 0 saturated carbocycles. The SMILES string of the molecule is CN(C)C(=O)COC(=O)c1ccccc1S[C@H]1CCS(=O)(=O)C1. The van der Waals surface area contributed by atoms with E-state index in [1.165, 1.54) is 16.7 Å². The summed E-state index contributed by atoms with van der Waals surface area (Å²) in [6.45, 7) is -0.317. The molecule has 126 valence electrons. The lowest BCUT2D eigenvalue weighted by molar-refractivity contribution is -0.131. The first kappa shape index (κ1) is 17.8. The molecule has 1 fully saturated rings. The van der Waals surface area contributed by atoms with Crippen LogP contribution in [0, 0.1) is 0 Å². The Labute approximate surface area is 140 Å². The molecular formula is C15H19NO5S2. The first-order chi connectivity index (χ1) is 10.8. The Kier molecular flexibility index (Phi) is 5.69. The van der Waals surface area contributed by atoms with Crippen molar-refractivity contribution in [2.75, 3.05) is 32.2 Å². The van der Waals surface area contributed by atoms with Gasteiger partial charge in [-0.3, -0.25) is 4.79 Å². The second-order valence-electron chi connectivity index (χ2n) is 5.50. The molecule has 2 rings (SSSR count). The van der Waals surface area contributed by atoms with E-state index in [1.807, 2.05) is 0 Å². The average Bonchev–Trinajstić information content (AvgIpc) is 2.83. The second-order valence-corrected chi connectivity index (χ2v) is 9.07. The molecule has 1 amide bonds. The van der Waals surface area contributed by atoms with Crippen LogP contribution in [0.5, 0.6) is 0 Å². The first-order valence-corrected chi connectivity index (χ1v) is 9.82. The fraction of sp³-hybridized carbons (Fsp3) is 0.467. The van der Waals surface area contributed by atoms with E-state index in [0.29, 0.717) is 16.9 Å². The van der Waals surface area contributed by atoms with Gasteiger partial charge in [0.25, 0.3) is 5.91 Å². The lowest BCUT2D eigenvalue weighted by Crippen LogP contribution is -2.27. The summed E-state index contributed by atoms with van der Waals surface area (Å²) < 4.78 is 28.1. The van der Waals surface area contributed by atoms with Crippen molar-refractivity contribution in [2.45, 2.75) is 16.6 Å². The molecule has 23 heavy (non-hydrogen) atoms. The maximum absolute atomic E-state index is 12.2. The highest BCUT2D eigenvalue weighted by Gasteiger charge is 2.29. The highest BCUT2D eigenvalue weighted by atomic mass is 32.2. The molecular weight excluding hydrogens is 338 g/mol. The molecule has 0 spiro atoms. The van der Waals surface area contributed by atoms with Crippen LogP contribution in [0.25, 0.3) is 0 Å². The third kappa shape index (κ3) is 4.97. The van der Waals surface area contributed by atoms with Crippen molar-refractivity contribution in [3.8, 4) is 0 Å². The smallest absolute Gasteiger partial charge is 0.339 e. The molecule has 0 unspecified atom stereocenters. The number of carbonyl (C=O) groups excluding carboxylic acids is 2. The number of thioether (sulfide) groups is 1. The number of sulfone groups is 1. The lowest BCUT2D eigenvalue weighted by atomic mass is 10.2. The van der Waals surface area contributed by atoms with E-state index in [9.17, 15) is 18.0 Å². The quantitative estimate of drug-likeness (QED) is 0.737. The van der Waals surface area contributed by atoms with Crippen LogP contribution in [0.4, 0.5) is 0 Å². The van der Waals surface area contributed by atoms with Crippen LogP contribution in [0.3, 0.4) is 0 Å². The number of carbonyl (C=O) groups is 2. The van der Waals surface area contributed by atoms with Crippen LogP contribution >= 0.6 is 11.8 Å². The van der Waals surface area contributed by atoms with Gasteiger partial charge in [-0.15, -0.1) is 11.8 Å². The molecule has 1 aromatic rings. The molecule has 0 radical (unpaired) electrons. The van der Waals surface area contributed by atoms with Gasteiger partial charge in [-0.05, 0) is 18.6 Å². The molecule has 1 atom stereocenters. The minimum absolute atomic E-state index is 0.0580. The summed E-state index contributed by atoms with van der Waals surface area (Å²) >= 11 is 1.37. The van der Waals surface area contributed by atoms with Gasteiger partial charge in [0.1, 0.15) is 0 Å². The number of benzene rings is 1. The van der Waals surface area contributed by atoms with Crippen molar-refractivity contribution >= 4 is 33.5 Å². The monoisotopic (exact) mass is 357 g/mol. The van der Waals surface area contributed by atoms with E-state index < -0.39 is 15.8 Å². The second kappa shape index (κ2) is 7.35. The van der Waals surface area contributed by atoms with Crippen LogP contribution in [-0.2, 0) is 19.4 Å². The zero-order valence-corrected chi connectivity index (χ0v) is 14.7. The molecule has 8 heteroatoms. The normalized spacial score (nSPS) is 19.3. The van der Waals surface area contributed by atoms with E-state index >= 15 is 0 Å². The number of hydrogen-bond donors (Lipinski definition) is 0. The summed E-state index contributed by atoms with van der Waals surface area (Å²) in [5, 5.41) is -0.0580. The predicted octanol–water partition coefficient (Wildman–Crippen LogP) is 1.21. The summed E-state index contributed by atoms with van der Waals surface area (Å²) in [7, 11) is 0.201. The predicted molar refractivity (Wildman–Crippen MR) is 88.3 cm³/mol. The summed E-state index contributed by atoms with van der Waals surface area (Å²) in [6.07, 6.45) is 0.579. The number of esters is 1. The molecule has 1 saturated heterocycles. The topological polar surface area (TPSA) is 80.8 Å². The fourth-order valence-electron chi connectivity index (χ4n) is 2.11. The van der Waals surface area contributed by atoms with Gasteiger partial charge in [-0.1, -0.05) is 12.1 Å². The molecule has 0 N–H and O–H groups in total. The molecule has 6 nitrogen and oxygen atoms in total. The molecule has 1 aliphatic rings. The van der Waals surface area contributed by atoms with Crippen LogP contribution in [0.15, 0.2) is 29.2 Å². The summed E-state index contributed by atoms with van der Waals surface area (Å²) in [5.41, 5.74) is 0.355. The number of nitrogens with zero attached hydrogens (tertiary/aromatic N) is 1. The van der Waals surface area contributed by atoms with Crippen molar-refractivity contribution in [1.82, 2.24) is 4.90 Å². The van der Waals surface area contributed by atoms with Gasteiger partial charge in [-0.2, -0.15) is 0 Å². The Bertz CT molecular complexity index is 700. The Morgan fingerprint density at radius 2 is 2.00 bits per heavy atom. The molecule has 0 aliphatic carbocycles. The van der Waals surface area contributed by atoms with E-state index in [1.54, 1.807) is 38.4 Å². The van der Waals surface area contributed by atoms with Gasteiger partial charge in [-0.25, -0.2) is 13.2 Å². The number of likely N-dealkylation sites (N-methyl/N-ethyl adjacent to an activating group) is 1. The Hall–Kier alpha value is -1.54. The summed E-state index contributed by atoms with van der Waals surface area (Å²) in [5.74, 6) is -0.566. The number of ether oxygens (including phenoxy) is 1. The van der Waals surface area contributed by atoms with Gasteiger partial charge in [0.15, 0.2) is 16.4 Å². The van der Waals surface area contributed by atoms with Crippen LogP contribution in [0.1, 0.15) is 16.8 Å². The average molecular weight is 357 g/mol. The van der Waals surface area contributed by atoms with Crippen molar-refractivity contribution in [2.24, 2.45) is 0 Å². The summed E-state index contributed by atoms with van der Waals surface area (Å²) in [4.78, 5) is 25.7. The van der Waals surface area contributed by atoms with Crippen molar-refractivity contribution in [1.29, 1.82) is 0 Å². The largest absolute Gasteiger partial charge is 0.452 e. The van der Waals surface area contributed by atoms with Crippen molar-refractivity contribution < 1.29 is 22.7 Å². The Morgan fingerprint density at radius 3 is 2.61 bits per heavy atom. The van der Waals surface area contributed by atoms with Gasteiger partial charge >= 0.3 is 5.97 Å². The Morgan fingerprint density at radius 1 is 1.30 bits per heavy atom. The van der Waals surface area contributed by atoms with Crippen LogP contribution in [0.2, 0.25) is 0 Å². The molecule has 1 aromatic carbocycles. The van der Waals surface area contributed by atoms with Crippen molar-refractivity contribution in [3.63, 3.8) is 0 Å². The number of amides is 1. The highest BCUT2D eigenvalue weighted by molar-refractivity contribution is 8.02. The minimum atomic E-state index is -2.97. The zero-order valence-electron chi connectivity index (χ0n) is 13.0. The molecule has 0 aromatic heterocycles. The van der Waals surface area contributed by atoms with Crippen molar-refractivity contribution in [3.05, 3.63) is 29.8 Å². The molecule has 1 heterocycles. The number of rotatable bonds is 5. The first-order valence-electron chi connectivity index (χ1n) is 7.12. The van der Waals surface area contributed by atoms with Gasteiger partial charge in [0.2, 0.25) is 0 Å². The summed E-state index contributed by atoms with van der Waals surface area (Å²) in [6, 6.07) is 6.88. The van der Waals surface area contributed by atoms with E-state index in [2.05, 4.69) is 0 Å². The van der Waals surface area contributed by atoms with Gasteiger partial charge in [0, 0.05) is 24.2 Å². The maximum atomic E-state index is 12.2. The molecule has 0 bridgehead atoms. The minimum Gasteiger partial charge on any atom is -0.452 e. The van der Waals surface area contributed by atoms with Crippen LogP contribution < -0.4 is 0 Å². The third-order valence-electron chi connectivity index (χ3n) is 3.42. The highest BCUT2D eigenvalue weighted by Crippen LogP contribution is 2.33. The van der Waals surface area contributed by atoms with E-state index in [-0.39, 0.29) is 29.3 Å². The third-order valence-corrected chi connectivity index (χ3v) is 6.74. The lowest BCUT2D eigenvalue weighted by Gasteiger charge is -2.13. The van der Waals surface area contributed by atoms with E-state index in [4.69, 9.17) is 4.74 Å². The van der Waals surface area contributed by atoms with Gasteiger partial charge in [0.05, 0.1) is 17.1 Å².